The minimum Gasteiger partial charge on any atom is -0.497 e. The maximum absolute atomic E-state index is 5.57. The van der Waals surface area contributed by atoms with Crippen LogP contribution < -0.4 is 9.47 Å². The summed E-state index contributed by atoms with van der Waals surface area (Å²) in [4.78, 5) is 0. The van der Waals surface area contributed by atoms with Crippen molar-refractivity contribution in [1.82, 2.24) is 0 Å². The topological polar surface area (TPSA) is 18.5 Å². The zero-order valence-electron chi connectivity index (χ0n) is 8.32. The van der Waals surface area contributed by atoms with Crippen LogP contribution >= 0.6 is 0 Å². The van der Waals surface area contributed by atoms with Crippen LogP contribution in [0.15, 0.2) is 30.9 Å². The molecule has 0 unspecified atom stereocenters. The third kappa shape index (κ3) is 1.48. The highest BCUT2D eigenvalue weighted by molar-refractivity contribution is 5.45. The molecule has 14 heavy (non-hydrogen) atoms. The van der Waals surface area contributed by atoms with E-state index in [1.807, 2.05) is 18.2 Å². The first kappa shape index (κ1) is 9.13. The summed E-state index contributed by atoms with van der Waals surface area (Å²) in [5.74, 6) is 2.19. The Morgan fingerprint density at radius 2 is 2.43 bits per heavy atom. The molecule has 74 valence electrons. The molecule has 2 rings (SSSR count). The average Bonchev–Trinajstić information content (AvgIpc) is 2.27. The van der Waals surface area contributed by atoms with E-state index in [9.17, 15) is 0 Å². The Morgan fingerprint density at radius 1 is 1.57 bits per heavy atom. The van der Waals surface area contributed by atoms with E-state index in [0.717, 1.165) is 24.5 Å². The van der Waals surface area contributed by atoms with Crippen molar-refractivity contribution in [2.75, 3.05) is 13.7 Å². The SMILES string of the molecule is C=C[C@H]1CCOc2cc(OC)ccc21. The highest BCUT2D eigenvalue weighted by Crippen LogP contribution is 2.36. The largest absolute Gasteiger partial charge is 0.497 e. The molecule has 0 bridgehead atoms. The van der Waals surface area contributed by atoms with Crippen LogP contribution in [0, 0.1) is 0 Å². The molecule has 2 heteroatoms. The van der Waals surface area contributed by atoms with Gasteiger partial charge in [0.2, 0.25) is 0 Å². The molecule has 1 aromatic rings. The number of benzene rings is 1. The van der Waals surface area contributed by atoms with Gasteiger partial charge in [-0.05, 0) is 12.5 Å². The molecule has 1 aliphatic rings. The first-order valence-electron chi connectivity index (χ1n) is 4.78. The maximum Gasteiger partial charge on any atom is 0.126 e. The summed E-state index contributed by atoms with van der Waals surface area (Å²) in [7, 11) is 1.66. The monoisotopic (exact) mass is 190 g/mol. The number of methoxy groups -OCH3 is 1. The third-order valence-electron chi connectivity index (χ3n) is 2.59. The molecule has 0 N–H and O–H groups in total. The van der Waals surface area contributed by atoms with E-state index in [0.29, 0.717) is 5.92 Å². The van der Waals surface area contributed by atoms with Crippen molar-refractivity contribution in [3.63, 3.8) is 0 Å². The van der Waals surface area contributed by atoms with Gasteiger partial charge >= 0.3 is 0 Å². The molecule has 0 radical (unpaired) electrons. The number of ether oxygens (including phenoxy) is 2. The molecular weight excluding hydrogens is 176 g/mol. The Morgan fingerprint density at radius 3 is 3.14 bits per heavy atom. The van der Waals surface area contributed by atoms with Crippen LogP contribution in [0.1, 0.15) is 17.9 Å². The van der Waals surface area contributed by atoms with Gasteiger partial charge in [0, 0.05) is 17.5 Å². The molecule has 1 heterocycles. The van der Waals surface area contributed by atoms with E-state index in [2.05, 4.69) is 12.6 Å². The Hall–Kier alpha value is -1.44. The van der Waals surface area contributed by atoms with Crippen molar-refractivity contribution in [1.29, 1.82) is 0 Å². The molecule has 0 fully saturated rings. The Balaban J connectivity index is 2.40. The van der Waals surface area contributed by atoms with Gasteiger partial charge in [-0.1, -0.05) is 12.1 Å². The Bertz CT molecular complexity index is 344. The van der Waals surface area contributed by atoms with E-state index in [-0.39, 0.29) is 0 Å². The van der Waals surface area contributed by atoms with Gasteiger partial charge < -0.3 is 9.47 Å². The minimum absolute atomic E-state index is 0.421. The summed E-state index contributed by atoms with van der Waals surface area (Å²) in [6, 6.07) is 5.95. The molecule has 0 saturated heterocycles. The van der Waals surface area contributed by atoms with Crippen LogP contribution in [0.2, 0.25) is 0 Å². The van der Waals surface area contributed by atoms with Crippen molar-refractivity contribution >= 4 is 0 Å². The van der Waals surface area contributed by atoms with E-state index < -0.39 is 0 Å². The average molecular weight is 190 g/mol. The number of rotatable bonds is 2. The lowest BCUT2D eigenvalue weighted by atomic mass is 9.93. The summed E-state index contributed by atoms with van der Waals surface area (Å²) in [5.41, 5.74) is 1.21. The van der Waals surface area contributed by atoms with E-state index in [1.54, 1.807) is 7.11 Å². The summed E-state index contributed by atoms with van der Waals surface area (Å²) < 4.78 is 10.7. The minimum atomic E-state index is 0.421. The second-order valence-electron chi connectivity index (χ2n) is 3.38. The fraction of sp³-hybridized carbons (Fsp3) is 0.333. The second-order valence-corrected chi connectivity index (χ2v) is 3.38. The van der Waals surface area contributed by atoms with Crippen LogP contribution in [0.4, 0.5) is 0 Å². The molecule has 0 saturated carbocycles. The molecule has 0 aliphatic carbocycles. The van der Waals surface area contributed by atoms with E-state index >= 15 is 0 Å². The quantitative estimate of drug-likeness (QED) is 0.667. The van der Waals surface area contributed by atoms with Crippen molar-refractivity contribution in [2.45, 2.75) is 12.3 Å². The molecule has 0 aromatic heterocycles. The molecule has 0 spiro atoms. The summed E-state index contributed by atoms with van der Waals surface area (Å²) >= 11 is 0. The van der Waals surface area contributed by atoms with Gasteiger partial charge in [0.05, 0.1) is 13.7 Å². The lowest BCUT2D eigenvalue weighted by Crippen LogP contribution is -2.12. The number of hydrogen-bond donors (Lipinski definition) is 0. The second kappa shape index (κ2) is 3.74. The fourth-order valence-corrected chi connectivity index (χ4v) is 1.77. The van der Waals surface area contributed by atoms with Crippen molar-refractivity contribution in [3.05, 3.63) is 36.4 Å². The van der Waals surface area contributed by atoms with Crippen LogP contribution in [-0.2, 0) is 0 Å². The lowest BCUT2D eigenvalue weighted by molar-refractivity contribution is 0.276. The Labute approximate surface area is 84.2 Å². The lowest BCUT2D eigenvalue weighted by Gasteiger charge is -2.23. The number of fused-ring (bicyclic) bond motifs is 1. The first-order valence-corrected chi connectivity index (χ1v) is 4.78. The molecule has 1 atom stereocenters. The highest BCUT2D eigenvalue weighted by atomic mass is 16.5. The maximum atomic E-state index is 5.57. The third-order valence-corrected chi connectivity index (χ3v) is 2.59. The van der Waals surface area contributed by atoms with Crippen molar-refractivity contribution in [3.8, 4) is 11.5 Å². The summed E-state index contributed by atoms with van der Waals surface area (Å²) in [6.45, 7) is 4.60. The van der Waals surface area contributed by atoms with Gasteiger partial charge in [-0.2, -0.15) is 0 Å². The van der Waals surface area contributed by atoms with E-state index in [4.69, 9.17) is 9.47 Å². The van der Waals surface area contributed by atoms with E-state index in [1.165, 1.54) is 5.56 Å². The molecule has 0 amide bonds. The predicted molar refractivity (Wildman–Crippen MR) is 56.0 cm³/mol. The zero-order chi connectivity index (χ0) is 9.97. The smallest absolute Gasteiger partial charge is 0.126 e. The van der Waals surface area contributed by atoms with Gasteiger partial charge in [0.25, 0.3) is 0 Å². The van der Waals surface area contributed by atoms with Crippen molar-refractivity contribution in [2.24, 2.45) is 0 Å². The first-order chi connectivity index (χ1) is 6.85. The molecule has 1 aliphatic heterocycles. The van der Waals surface area contributed by atoms with Gasteiger partial charge in [-0.15, -0.1) is 6.58 Å². The van der Waals surface area contributed by atoms with Crippen molar-refractivity contribution < 1.29 is 9.47 Å². The molecule has 2 nitrogen and oxygen atoms in total. The van der Waals surface area contributed by atoms with Crippen LogP contribution in [0.25, 0.3) is 0 Å². The fourth-order valence-electron chi connectivity index (χ4n) is 1.77. The number of allylic oxidation sites excluding steroid dienone is 1. The highest BCUT2D eigenvalue weighted by Gasteiger charge is 2.18. The van der Waals surface area contributed by atoms with Gasteiger partial charge in [-0.3, -0.25) is 0 Å². The number of hydrogen-bond acceptors (Lipinski definition) is 2. The van der Waals surface area contributed by atoms with Crippen LogP contribution in [0.3, 0.4) is 0 Å². The summed E-state index contributed by atoms with van der Waals surface area (Å²) in [5, 5.41) is 0. The van der Waals surface area contributed by atoms with Gasteiger partial charge in [0.15, 0.2) is 0 Å². The van der Waals surface area contributed by atoms with Gasteiger partial charge in [0.1, 0.15) is 11.5 Å². The molecule has 1 aromatic carbocycles. The van der Waals surface area contributed by atoms with Crippen LogP contribution in [-0.4, -0.2) is 13.7 Å². The summed E-state index contributed by atoms with van der Waals surface area (Å²) in [6.07, 6.45) is 3.00. The Kier molecular flexibility index (Phi) is 2.44. The molecular formula is C12H14O2. The van der Waals surface area contributed by atoms with Crippen LogP contribution in [0.5, 0.6) is 11.5 Å². The zero-order valence-corrected chi connectivity index (χ0v) is 8.32. The van der Waals surface area contributed by atoms with Gasteiger partial charge in [-0.25, -0.2) is 0 Å². The predicted octanol–water partition coefficient (Wildman–Crippen LogP) is 2.75. The normalized spacial score (nSPS) is 19.4. The standard InChI is InChI=1S/C12H14O2/c1-3-9-6-7-14-12-8-10(13-2)4-5-11(9)12/h3-5,8-9H,1,6-7H2,2H3/t9-/m0/s1.